The molecule has 1 unspecified atom stereocenters. The second-order valence-corrected chi connectivity index (χ2v) is 7.81. The van der Waals surface area contributed by atoms with Gasteiger partial charge in [-0.1, -0.05) is 17.7 Å². The number of fused-ring (bicyclic) bond motifs is 1. The van der Waals surface area contributed by atoms with Gasteiger partial charge in [0.1, 0.15) is 3.70 Å². The second-order valence-electron chi connectivity index (χ2n) is 5.07. The van der Waals surface area contributed by atoms with E-state index >= 15 is 0 Å². The van der Waals surface area contributed by atoms with E-state index in [4.69, 9.17) is 11.6 Å². The van der Waals surface area contributed by atoms with Crippen LogP contribution in [0.2, 0.25) is 5.02 Å². The highest BCUT2D eigenvalue weighted by atomic mass is 127. The van der Waals surface area contributed by atoms with Crippen molar-refractivity contribution in [2.75, 3.05) is 6.61 Å². The SMILES string of the molecule is O=C(c1c(Cl)cccc1C(F)(F)F)n1nc(I)c2c1CC(CO)S2. The number of rotatable bonds is 2. The van der Waals surface area contributed by atoms with Gasteiger partial charge in [-0.15, -0.1) is 11.8 Å². The third-order valence-corrected chi connectivity index (χ3v) is 6.28. The second kappa shape index (κ2) is 6.50. The van der Waals surface area contributed by atoms with Gasteiger partial charge in [-0.3, -0.25) is 4.79 Å². The van der Waals surface area contributed by atoms with E-state index in [2.05, 4.69) is 5.10 Å². The Kier molecular flexibility index (Phi) is 4.89. The van der Waals surface area contributed by atoms with Crippen molar-refractivity contribution in [2.45, 2.75) is 22.7 Å². The predicted molar refractivity (Wildman–Crippen MR) is 91.6 cm³/mol. The average Bonchev–Trinajstić information content (AvgIpc) is 3.06. The zero-order valence-electron chi connectivity index (χ0n) is 11.8. The quantitative estimate of drug-likeness (QED) is 0.653. The number of carbonyl (C=O) groups excluding carboxylic acids is 1. The summed E-state index contributed by atoms with van der Waals surface area (Å²) in [6, 6.07) is 3.21. The maximum atomic E-state index is 13.2. The molecule has 0 saturated carbocycles. The molecule has 10 heteroatoms. The van der Waals surface area contributed by atoms with Crippen LogP contribution in [0.15, 0.2) is 23.1 Å². The molecule has 0 radical (unpaired) electrons. The minimum atomic E-state index is -4.71. The van der Waals surface area contributed by atoms with E-state index < -0.39 is 23.2 Å². The van der Waals surface area contributed by atoms with Gasteiger partial charge in [0.05, 0.1) is 33.3 Å². The Morgan fingerprint density at radius 2 is 2.21 bits per heavy atom. The number of carbonyl (C=O) groups is 1. The van der Waals surface area contributed by atoms with E-state index in [0.29, 0.717) is 20.7 Å². The first-order chi connectivity index (χ1) is 11.2. The minimum Gasteiger partial charge on any atom is -0.395 e. The highest BCUT2D eigenvalue weighted by molar-refractivity contribution is 14.1. The number of aliphatic hydroxyl groups is 1. The number of halogens is 5. The molecule has 4 nitrogen and oxygen atoms in total. The van der Waals surface area contributed by atoms with Crippen LogP contribution in [0.5, 0.6) is 0 Å². The van der Waals surface area contributed by atoms with Gasteiger partial charge in [0.15, 0.2) is 0 Å². The van der Waals surface area contributed by atoms with Crippen molar-refractivity contribution in [3.05, 3.63) is 43.7 Å². The Hall–Kier alpha value is -0.780. The first kappa shape index (κ1) is 18.0. The molecular weight excluding hydrogens is 480 g/mol. The third-order valence-electron chi connectivity index (χ3n) is 3.53. The van der Waals surface area contributed by atoms with Gasteiger partial charge >= 0.3 is 6.18 Å². The normalized spacial score (nSPS) is 17.2. The lowest BCUT2D eigenvalue weighted by atomic mass is 10.1. The Bertz CT molecular complexity index is 825. The topological polar surface area (TPSA) is 55.1 Å². The fourth-order valence-electron chi connectivity index (χ4n) is 2.48. The summed E-state index contributed by atoms with van der Waals surface area (Å²) < 4.78 is 41.1. The van der Waals surface area contributed by atoms with Gasteiger partial charge in [-0.05, 0) is 34.7 Å². The number of benzene rings is 1. The Morgan fingerprint density at radius 3 is 2.83 bits per heavy atom. The van der Waals surface area contributed by atoms with E-state index in [9.17, 15) is 23.1 Å². The molecule has 1 aromatic carbocycles. The average molecular weight is 489 g/mol. The number of hydrogen-bond donors (Lipinski definition) is 1. The first-order valence-corrected chi connectivity index (χ1v) is 9.03. The lowest BCUT2D eigenvalue weighted by molar-refractivity contribution is -0.137. The fourth-order valence-corrected chi connectivity index (χ4v) is 4.74. The third kappa shape index (κ3) is 3.06. The lowest BCUT2D eigenvalue weighted by Gasteiger charge is -2.14. The molecule has 0 aliphatic carbocycles. The molecule has 128 valence electrons. The van der Waals surface area contributed by atoms with Crippen LogP contribution in [0.4, 0.5) is 13.2 Å². The van der Waals surface area contributed by atoms with Crippen LogP contribution < -0.4 is 0 Å². The molecule has 0 saturated heterocycles. The van der Waals surface area contributed by atoms with E-state index in [-0.39, 0.29) is 16.9 Å². The molecule has 2 aromatic rings. The molecule has 0 fully saturated rings. The molecule has 2 heterocycles. The Morgan fingerprint density at radius 1 is 1.50 bits per heavy atom. The van der Waals surface area contributed by atoms with Gasteiger partial charge in [0.25, 0.3) is 5.91 Å². The monoisotopic (exact) mass is 488 g/mol. The summed E-state index contributed by atoms with van der Waals surface area (Å²) >= 11 is 9.16. The smallest absolute Gasteiger partial charge is 0.395 e. The van der Waals surface area contributed by atoms with Crippen LogP contribution >= 0.6 is 46.0 Å². The highest BCUT2D eigenvalue weighted by Gasteiger charge is 2.38. The van der Waals surface area contributed by atoms with Crippen molar-refractivity contribution in [3.63, 3.8) is 0 Å². The van der Waals surface area contributed by atoms with E-state index in [0.717, 1.165) is 16.8 Å². The number of alkyl halides is 3. The van der Waals surface area contributed by atoms with Crippen molar-refractivity contribution < 1.29 is 23.1 Å². The lowest BCUT2D eigenvalue weighted by Crippen LogP contribution is -2.22. The van der Waals surface area contributed by atoms with Crippen molar-refractivity contribution in [3.8, 4) is 0 Å². The van der Waals surface area contributed by atoms with Gasteiger partial charge in [-0.25, -0.2) is 0 Å². The number of hydrogen-bond acceptors (Lipinski definition) is 4. The van der Waals surface area contributed by atoms with Gasteiger partial charge < -0.3 is 5.11 Å². The molecule has 1 aliphatic rings. The largest absolute Gasteiger partial charge is 0.417 e. The predicted octanol–water partition coefficient (Wildman–Crippen LogP) is 3.86. The molecule has 0 bridgehead atoms. The molecule has 1 N–H and O–H groups in total. The standard InChI is InChI=1S/C14H9ClF3IN2O2S/c15-8-3-1-2-7(14(16,17)18)10(8)13(23)21-9-4-6(5-22)24-11(9)12(19)20-21/h1-3,6,22H,4-5H2. The summed E-state index contributed by atoms with van der Waals surface area (Å²) in [5, 5.41) is 12.9. The minimum absolute atomic E-state index is 0.0937. The van der Waals surface area contributed by atoms with Crippen molar-refractivity contribution in [2.24, 2.45) is 0 Å². The molecular formula is C14H9ClF3IN2O2S. The molecule has 24 heavy (non-hydrogen) atoms. The van der Waals surface area contributed by atoms with Crippen LogP contribution in [0.1, 0.15) is 21.6 Å². The molecule has 1 aliphatic heterocycles. The number of aliphatic hydroxyl groups excluding tert-OH is 1. The molecule has 1 aromatic heterocycles. The summed E-state index contributed by atoms with van der Waals surface area (Å²) in [4.78, 5) is 13.5. The summed E-state index contributed by atoms with van der Waals surface area (Å²) in [5.74, 6) is -0.925. The zero-order chi connectivity index (χ0) is 17.6. The number of aromatic nitrogens is 2. The maximum absolute atomic E-state index is 13.2. The van der Waals surface area contributed by atoms with Crippen LogP contribution in [0, 0.1) is 3.70 Å². The van der Waals surface area contributed by atoms with E-state index in [1.165, 1.54) is 17.8 Å². The van der Waals surface area contributed by atoms with Gasteiger partial charge in [0, 0.05) is 11.7 Å². The Labute approximate surface area is 157 Å². The van der Waals surface area contributed by atoms with Crippen LogP contribution in [0.3, 0.4) is 0 Å². The maximum Gasteiger partial charge on any atom is 0.417 e. The van der Waals surface area contributed by atoms with Crippen LogP contribution in [-0.4, -0.2) is 32.7 Å². The summed E-state index contributed by atoms with van der Waals surface area (Å²) in [6.07, 6.45) is -4.36. The molecule has 0 spiro atoms. The Balaban J connectivity index is 2.12. The van der Waals surface area contributed by atoms with E-state index in [1.807, 2.05) is 22.6 Å². The highest BCUT2D eigenvalue weighted by Crippen LogP contribution is 2.41. The van der Waals surface area contributed by atoms with Gasteiger partial charge in [0.2, 0.25) is 0 Å². The summed E-state index contributed by atoms with van der Waals surface area (Å²) in [6.45, 7) is -0.0937. The molecule has 0 amide bonds. The molecule has 3 rings (SSSR count). The van der Waals surface area contributed by atoms with Gasteiger partial charge in [-0.2, -0.15) is 23.0 Å². The summed E-state index contributed by atoms with van der Waals surface area (Å²) in [7, 11) is 0. The van der Waals surface area contributed by atoms with E-state index in [1.54, 1.807) is 0 Å². The van der Waals surface area contributed by atoms with Crippen LogP contribution in [-0.2, 0) is 12.6 Å². The summed E-state index contributed by atoms with van der Waals surface area (Å²) in [5.41, 5.74) is -1.21. The fraction of sp³-hybridized carbons (Fsp3) is 0.286. The first-order valence-electron chi connectivity index (χ1n) is 6.69. The van der Waals surface area contributed by atoms with Crippen molar-refractivity contribution in [1.82, 2.24) is 9.78 Å². The molecule has 1 atom stereocenters. The number of nitrogens with zero attached hydrogens (tertiary/aromatic N) is 2. The zero-order valence-corrected chi connectivity index (χ0v) is 15.5. The van der Waals surface area contributed by atoms with Crippen molar-refractivity contribution >= 4 is 51.9 Å². The van der Waals surface area contributed by atoms with Crippen LogP contribution in [0.25, 0.3) is 0 Å². The van der Waals surface area contributed by atoms with Crippen molar-refractivity contribution in [1.29, 1.82) is 0 Å². The number of thioether (sulfide) groups is 1.